The van der Waals surface area contributed by atoms with Gasteiger partial charge < -0.3 is 10.0 Å². The molecule has 1 amide bonds. The fourth-order valence-electron chi connectivity index (χ4n) is 2.85. The Morgan fingerprint density at radius 1 is 1.23 bits per heavy atom. The molecule has 112 valence electrons. The van der Waals surface area contributed by atoms with E-state index in [2.05, 4.69) is 6.58 Å². The number of carbonyl (C=O) groups is 1. The Hall–Kier alpha value is -2.46. The topological polar surface area (TPSA) is 40.5 Å². The third-order valence-electron chi connectivity index (χ3n) is 3.92. The maximum absolute atomic E-state index is 13.6. The van der Waals surface area contributed by atoms with Crippen molar-refractivity contribution in [2.45, 2.75) is 18.6 Å². The van der Waals surface area contributed by atoms with Crippen LogP contribution in [0.2, 0.25) is 0 Å². The zero-order valence-electron chi connectivity index (χ0n) is 12.0. The van der Waals surface area contributed by atoms with Crippen LogP contribution in [-0.4, -0.2) is 11.0 Å². The van der Waals surface area contributed by atoms with Crippen molar-refractivity contribution in [3.8, 4) is 0 Å². The van der Waals surface area contributed by atoms with E-state index in [0.717, 1.165) is 5.56 Å². The molecule has 0 spiro atoms. The number of rotatable bonds is 4. The van der Waals surface area contributed by atoms with E-state index in [0.29, 0.717) is 17.8 Å². The summed E-state index contributed by atoms with van der Waals surface area (Å²) in [5.41, 5.74) is 0.0374. The van der Waals surface area contributed by atoms with Gasteiger partial charge in [0.05, 0.1) is 12.2 Å². The number of nitrogens with zero attached hydrogens (tertiary/aromatic N) is 1. The van der Waals surface area contributed by atoms with Crippen LogP contribution in [0.1, 0.15) is 17.5 Å². The van der Waals surface area contributed by atoms with Crippen molar-refractivity contribution >= 4 is 11.6 Å². The first-order chi connectivity index (χ1) is 10.6. The second-order valence-electron chi connectivity index (χ2n) is 5.39. The van der Waals surface area contributed by atoms with E-state index in [1.165, 1.54) is 29.2 Å². The van der Waals surface area contributed by atoms with E-state index in [4.69, 9.17) is 0 Å². The van der Waals surface area contributed by atoms with Crippen LogP contribution in [0.25, 0.3) is 0 Å². The number of carbonyl (C=O) groups excluding carboxylic acids is 1. The summed E-state index contributed by atoms with van der Waals surface area (Å²) in [7, 11) is 0. The Balaban J connectivity index is 2.06. The van der Waals surface area contributed by atoms with Gasteiger partial charge in [-0.1, -0.05) is 36.4 Å². The Bertz CT molecular complexity index is 729. The molecule has 0 bridgehead atoms. The molecule has 1 atom stereocenters. The van der Waals surface area contributed by atoms with E-state index in [9.17, 15) is 14.3 Å². The summed E-state index contributed by atoms with van der Waals surface area (Å²) >= 11 is 0. The monoisotopic (exact) mass is 297 g/mol. The van der Waals surface area contributed by atoms with Crippen LogP contribution in [-0.2, 0) is 16.9 Å². The smallest absolute Gasteiger partial charge is 0.264 e. The highest BCUT2D eigenvalue weighted by Crippen LogP contribution is 2.43. The molecular formula is C18H16FNO2. The summed E-state index contributed by atoms with van der Waals surface area (Å²) in [6.45, 7) is 3.91. The first-order valence-corrected chi connectivity index (χ1v) is 7.05. The second kappa shape index (κ2) is 5.39. The SMILES string of the molecule is C=CCC1(O)C(=O)N(Cc2ccccc2)c2ccc(F)cc21. The third kappa shape index (κ3) is 2.22. The lowest BCUT2D eigenvalue weighted by Crippen LogP contribution is -2.39. The van der Waals surface area contributed by atoms with Gasteiger partial charge in [0, 0.05) is 12.0 Å². The molecule has 1 aliphatic heterocycles. The van der Waals surface area contributed by atoms with Crippen molar-refractivity contribution in [1.29, 1.82) is 0 Å². The van der Waals surface area contributed by atoms with Crippen molar-refractivity contribution in [3.63, 3.8) is 0 Å². The average Bonchev–Trinajstić information content (AvgIpc) is 2.71. The molecule has 0 saturated heterocycles. The predicted molar refractivity (Wildman–Crippen MR) is 82.7 cm³/mol. The molecule has 0 aromatic heterocycles. The molecule has 3 rings (SSSR count). The molecule has 0 radical (unpaired) electrons. The average molecular weight is 297 g/mol. The molecule has 3 nitrogen and oxygen atoms in total. The normalized spacial score (nSPS) is 20.1. The molecule has 22 heavy (non-hydrogen) atoms. The van der Waals surface area contributed by atoms with Crippen LogP contribution in [0, 0.1) is 5.82 Å². The van der Waals surface area contributed by atoms with E-state index in [-0.39, 0.29) is 6.42 Å². The molecule has 4 heteroatoms. The Morgan fingerprint density at radius 2 is 1.95 bits per heavy atom. The van der Waals surface area contributed by atoms with Crippen LogP contribution < -0.4 is 4.90 Å². The summed E-state index contributed by atoms with van der Waals surface area (Å²) in [5.74, 6) is -0.924. The fourth-order valence-corrected chi connectivity index (χ4v) is 2.85. The largest absolute Gasteiger partial charge is 0.375 e. The Labute approximate surface area is 128 Å². The fraction of sp³-hybridized carbons (Fsp3) is 0.167. The van der Waals surface area contributed by atoms with Crippen LogP contribution in [0.4, 0.5) is 10.1 Å². The van der Waals surface area contributed by atoms with Gasteiger partial charge in [-0.15, -0.1) is 6.58 Å². The molecule has 2 aromatic carbocycles. The number of hydrogen-bond donors (Lipinski definition) is 1. The first-order valence-electron chi connectivity index (χ1n) is 7.05. The lowest BCUT2D eigenvalue weighted by molar-refractivity contribution is -0.135. The molecule has 0 fully saturated rings. The third-order valence-corrected chi connectivity index (χ3v) is 3.92. The summed E-state index contributed by atoms with van der Waals surface area (Å²) in [5, 5.41) is 10.8. The van der Waals surface area contributed by atoms with Crippen molar-refractivity contribution in [2.75, 3.05) is 4.90 Å². The molecule has 1 heterocycles. The van der Waals surface area contributed by atoms with Crippen LogP contribution in [0.15, 0.2) is 61.2 Å². The highest BCUT2D eigenvalue weighted by atomic mass is 19.1. The lowest BCUT2D eigenvalue weighted by Gasteiger charge is -2.22. The van der Waals surface area contributed by atoms with Crippen molar-refractivity contribution < 1.29 is 14.3 Å². The number of aliphatic hydroxyl groups is 1. The molecular weight excluding hydrogens is 281 g/mol. The minimum atomic E-state index is -1.74. The molecule has 1 N–H and O–H groups in total. The van der Waals surface area contributed by atoms with Gasteiger partial charge in [-0.25, -0.2) is 4.39 Å². The maximum Gasteiger partial charge on any atom is 0.264 e. The second-order valence-corrected chi connectivity index (χ2v) is 5.39. The zero-order valence-corrected chi connectivity index (χ0v) is 12.0. The van der Waals surface area contributed by atoms with Gasteiger partial charge in [0.25, 0.3) is 5.91 Å². The summed E-state index contributed by atoms with van der Waals surface area (Å²) in [4.78, 5) is 14.2. The maximum atomic E-state index is 13.6. The highest BCUT2D eigenvalue weighted by molar-refractivity contribution is 6.06. The van der Waals surface area contributed by atoms with Gasteiger partial charge in [0.15, 0.2) is 5.60 Å². The number of hydrogen-bond acceptors (Lipinski definition) is 2. The summed E-state index contributed by atoms with van der Waals surface area (Å²) < 4.78 is 13.6. The van der Waals surface area contributed by atoms with Crippen molar-refractivity contribution in [2.24, 2.45) is 0 Å². The minimum absolute atomic E-state index is 0.0492. The molecule has 0 aliphatic carbocycles. The molecule has 0 saturated carbocycles. The summed E-state index contributed by atoms with van der Waals surface area (Å²) in [6.07, 6.45) is 1.52. The highest BCUT2D eigenvalue weighted by Gasteiger charge is 2.48. The van der Waals surface area contributed by atoms with Gasteiger partial charge in [-0.3, -0.25) is 4.79 Å². The van der Waals surface area contributed by atoms with E-state index >= 15 is 0 Å². The molecule has 1 aliphatic rings. The first kappa shape index (κ1) is 14.5. The summed E-state index contributed by atoms with van der Waals surface area (Å²) in [6, 6.07) is 13.5. The van der Waals surface area contributed by atoms with Crippen molar-refractivity contribution in [3.05, 3.63) is 78.1 Å². The van der Waals surface area contributed by atoms with Gasteiger partial charge in [-0.05, 0) is 23.8 Å². The van der Waals surface area contributed by atoms with E-state index in [1.54, 1.807) is 0 Å². The van der Waals surface area contributed by atoms with Gasteiger partial charge >= 0.3 is 0 Å². The van der Waals surface area contributed by atoms with Gasteiger partial charge in [0.2, 0.25) is 0 Å². The number of fused-ring (bicyclic) bond motifs is 1. The lowest BCUT2D eigenvalue weighted by atomic mass is 9.92. The van der Waals surface area contributed by atoms with E-state index < -0.39 is 17.3 Å². The van der Waals surface area contributed by atoms with E-state index in [1.807, 2.05) is 30.3 Å². The Kier molecular flexibility index (Phi) is 3.54. The molecule has 1 unspecified atom stereocenters. The quantitative estimate of drug-likeness (QED) is 0.881. The van der Waals surface area contributed by atoms with Crippen molar-refractivity contribution in [1.82, 2.24) is 0 Å². The number of anilines is 1. The minimum Gasteiger partial charge on any atom is -0.375 e. The van der Waals surface area contributed by atoms with Gasteiger partial charge in [-0.2, -0.15) is 0 Å². The molecule has 2 aromatic rings. The standard InChI is InChI=1S/C18H16FNO2/c1-2-10-18(22)15-11-14(19)8-9-16(15)20(17(18)21)12-13-6-4-3-5-7-13/h2-9,11,22H,1,10,12H2. The van der Waals surface area contributed by atoms with Crippen LogP contribution in [0.5, 0.6) is 0 Å². The van der Waals surface area contributed by atoms with Gasteiger partial charge in [0.1, 0.15) is 5.82 Å². The predicted octanol–water partition coefficient (Wildman–Crippen LogP) is 3.14. The number of benzene rings is 2. The number of halogens is 1. The number of amides is 1. The van der Waals surface area contributed by atoms with Crippen LogP contribution >= 0.6 is 0 Å². The Morgan fingerprint density at radius 3 is 2.64 bits per heavy atom. The zero-order chi connectivity index (χ0) is 15.7. The van der Waals surface area contributed by atoms with Crippen LogP contribution in [0.3, 0.4) is 0 Å².